The molecule has 2 aromatic rings. The topological polar surface area (TPSA) is 110 Å². The second kappa shape index (κ2) is 12.8. The number of amides is 1. The smallest absolute Gasteiger partial charge is 0.417 e. The number of carbonyl (C=O) groups is 2. The fourth-order valence-corrected chi connectivity index (χ4v) is 4.22. The highest BCUT2D eigenvalue weighted by molar-refractivity contribution is 6.42. The Balaban J connectivity index is 1.54. The van der Waals surface area contributed by atoms with Gasteiger partial charge in [0.1, 0.15) is 18.4 Å². The number of benzene rings is 1. The molecule has 1 atom stereocenters. The van der Waals surface area contributed by atoms with Crippen LogP contribution in [0.2, 0.25) is 10.0 Å². The first-order chi connectivity index (χ1) is 17.9. The number of aromatic nitrogens is 1. The van der Waals surface area contributed by atoms with Gasteiger partial charge in [-0.2, -0.15) is 13.2 Å². The molecule has 2 heterocycles. The Morgan fingerprint density at radius 2 is 1.87 bits per heavy atom. The summed E-state index contributed by atoms with van der Waals surface area (Å²) in [6.07, 6.45) is -4.14. The molecule has 38 heavy (non-hydrogen) atoms. The van der Waals surface area contributed by atoms with Crippen LogP contribution in [-0.4, -0.2) is 71.9 Å². The summed E-state index contributed by atoms with van der Waals surface area (Å²) < 4.78 is 51.4. The number of nitrogens with zero attached hydrogens (tertiary/aromatic N) is 2. The van der Waals surface area contributed by atoms with E-state index in [1.807, 2.05) is 4.90 Å². The van der Waals surface area contributed by atoms with Crippen molar-refractivity contribution in [2.75, 3.05) is 33.3 Å². The van der Waals surface area contributed by atoms with E-state index in [4.69, 9.17) is 27.9 Å². The van der Waals surface area contributed by atoms with E-state index >= 15 is 0 Å². The lowest BCUT2D eigenvalue weighted by molar-refractivity contribution is -0.141. The van der Waals surface area contributed by atoms with Crippen molar-refractivity contribution in [2.45, 2.75) is 37.8 Å². The van der Waals surface area contributed by atoms with Gasteiger partial charge in [-0.1, -0.05) is 23.2 Å². The number of hydrogen-bond donors (Lipinski definition) is 2. The number of aliphatic hydroxyl groups excluding tert-OH is 1. The van der Waals surface area contributed by atoms with Crippen molar-refractivity contribution in [1.29, 1.82) is 0 Å². The molecule has 208 valence electrons. The standard InChI is InChI=1S/C24H26Cl2F3N3O6/c1-37-22(35)13-32-12-17(18(9-21(32)34)24(27,28)29)23(36)30-10-14(33)11-31-6-4-15(5-7-31)38-16-2-3-19(25)20(26)8-16/h2-3,8-9,12,14-15,33H,4-7,10-11,13H2,1H3,(H,30,36)/t14-/m1/s1. The van der Waals surface area contributed by atoms with E-state index in [-0.39, 0.29) is 25.3 Å². The van der Waals surface area contributed by atoms with Crippen molar-refractivity contribution < 1.29 is 37.3 Å². The average Bonchev–Trinajstić information content (AvgIpc) is 2.86. The maximum absolute atomic E-state index is 13.5. The number of rotatable bonds is 9. The minimum atomic E-state index is -4.99. The summed E-state index contributed by atoms with van der Waals surface area (Å²) in [7, 11) is 1.05. The number of aliphatic hydroxyl groups is 1. The molecular formula is C24H26Cl2F3N3O6. The number of pyridine rings is 1. The fourth-order valence-electron chi connectivity index (χ4n) is 3.94. The number of methoxy groups -OCH3 is 1. The van der Waals surface area contributed by atoms with E-state index in [9.17, 15) is 32.7 Å². The third-order valence-electron chi connectivity index (χ3n) is 5.90. The minimum absolute atomic E-state index is 0.0678. The van der Waals surface area contributed by atoms with Crippen molar-refractivity contribution in [3.8, 4) is 5.75 Å². The number of ether oxygens (including phenoxy) is 2. The Labute approximate surface area is 226 Å². The van der Waals surface area contributed by atoms with Gasteiger partial charge in [0, 0.05) is 44.5 Å². The van der Waals surface area contributed by atoms with Crippen molar-refractivity contribution in [2.24, 2.45) is 0 Å². The highest BCUT2D eigenvalue weighted by atomic mass is 35.5. The molecule has 0 unspecified atom stereocenters. The lowest BCUT2D eigenvalue weighted by atomic mass is 10.1. The number of nitrogens with one attached hydrogen (secondary N) is 1. The van der Waals surface area contributed by atoms with Gasteiger partial charge in [0.05, 0.1) is 34.4 Å². The van der Waals surface area contributed by atoms with Gasteiger partial charge in [0.15, 0.2) is 0 Å². The van der Waals surface area contributed by atoms with Crippen LogP contribution in [0.15, 0.2) is 35.3 Å². The van der Waals surface area contributed by atoms with Crippen LogP contribution in [0, 0.1) is 0 Å². The molecule has 0 spiro atoms. The molecule has 0 bridgehead atoms. The minimum Gasteiger partial charge on any atom is -0.490 e. The lowest BCUT2D eigenvalue weighted by Crippen LogP contribution is -2.45. The molecule has 1 aromatic carbocycles. The van der Waals surface area contributed by atoms with E-state index in [1.165, 1.54) is 0 Å². The second-order valence-corrected chi connectivity index (χ2v) is 9.51. The van der Waals surface area contributed by atoms with Crippen LogP contribution in [0.3, 0.4) is 0 Å². The predicted octanol–water partition coefficient (Wildman–Crippen LogP) is 2.98. The number of alkyl halides is 3. The maximum Gasteiger partial charge on any atom is 0.417 e. The number of piperidine rings is 1. The third-order valence-corrected chi connectivity index (χ3v) is 6.64. The van der Waals surface area contributed by atoms with Gasteiger partial charge in [0.25, 0.3) is 11.5 Å². The molecule has 0 radical (unpaired) electrons. The Hall–Kier alpha value is -2.80. The lowest BCUT2D eigenvalue weighted by Gasteiger charge is -2.33. The predicted molar refractivity (Wildman–Crippen MR) is 133 cm³/mol. The van der Waals surface area contributed by atoms with E-state index in [0.717, 1.165) is 7.11 Å². The first-order valence-electron chi connectivity index (χ1n) is 11.6. The largest absolute Gasteiger partial charge is 0.490 e. The van der Waals surface area contributed by atoms with Gasteiger partial charge in [-0.25, -0.2) is 0 Å². The molecule has 14 heteroatoms. The van der Waals surface area contributed by atoms with Gasteiger partial charge in [0.2, 0.25) is 0 Å². The molecule has 1 fully saturated rings. The molecule has 2 N–H and O–H groups in total. The zero-order chi connectivity index (χ0) is 28.0. The Morgan fingerprint density at radius 3 is 2.47 bits per heavy atom. The third kappa shape index (κ3) is 8.10. The van der Waals surface area contributed by atoms with Crippen LogP contribution in [-0.2, 0) is 22.3 Å². The van der Waals surface area contributed by atoms with Gasteiger partial charge in [-0.3, -0.25) is 14.4 Å². The van der Waals surface area contributed by atoms with Crippen LogP contribution in [0.25, 0.3) is 0 Å². The highest BCUT2D eigenvalue weighted by Crippen LogP contribution is 2.31. The Bertz CT molecular complexity index is 1220. The number of hydrogen-bond acceptors (Lipinski definition) is 7. The van der Waals surface area contributed by atoms with E-state index in [2.05, 4.69) is 10.1 Å². The van der Waals surface area contributed by atoms with Crippen LogP contribution in [0.5, 0.6) is 5.75 Å². The number of likely N-dealkylation sites (tertiary alicyclic amines) is 1. The first kappa shape index (κ1) is 29.8. The van der Waals surface area contributed by atoms with Crippen molar-refractivity contribution in [1.82, 2.24) is 14.8 Å². The molecule has 1 aromatic heterocycles. The van der Waals surface area contributed by atoms with E-state index in [1.54, 1.807) is 18.2 Å². The number of carbonyl (C=O) groups excluding carboxylic acids is 2. The Kier molecular flexibility index (Phi) is 10.0. The molecule has 3 rings (SSSR count). The summed E-state index contributed by atoms with van der Waals surface area (Å²) >= 11 is 11.9. The van der Waals surface area contributed by atoms with Gasteiger partial charge < -0.3 is 29.4 Å². The SMILES string of the molecule is COC(=O)Cn1cc(C(=O)NC[C@@H](O)CN2CCC(Oc3ccc(Cl)c(Cl)c3)CC2)c(C(F)(F)F)cc1=O. The average molecular weight is 580 g/mol. The zero-order valence-electron chi connectivity index (χ0n) is 20.3. The highest BCUT2D eigenvalue weighted by Gasteiger charge is 2.36. The summed E-state index contributed by atoms with van der Waals surface area (Å²) in [5.74, 6) is -1.43. The summed E-state index contributed by atoms with van der Waals surface area (Å²) in [6, 6.07) is 5.25. The maximum atomic E-state index is 13.5. The summed E-state index contributed by atoms with van der Waals surface area (Å²) in [4.78, 5) is 38.0. The van der Waals surface area contributed by atoms with Gasteiger partial charge in [-0.05, 0) is 25.0 Å². The molecule has 1 amide bonds. The Morgan fingerprint density at radius 1 is 1.18 bits per heavy atom. The van der Waals surface area contributed by atoms with Crippen LogP contribution >= 0.6 is 23.2 Å². The number of esters is 1. The first-order valence-corrected chi connectivity index (χ1v) is 12.3. The quantitative estimate of drug-likeness (QED) is 0.439. The number of halogens is 5. The van der Waals surface area contributed by atoms with Crippen molar-refractivity contribution in [3.63, 3.8) is 0 Å². The summed E-state index contributed by atoms with van der Waals surface area (Å²) in [5, 5.41) is 13.5. The van der Waals surface area contributed by atoms with Crippen LogP contribution in [0.4, 0.5) is 13.2 Å². The fraction of sp³-hybridized carbons (Fsp3) is 0.458. The molecule has 0 saturated carbocycles. The molecule has 1 aliphatic rings. The van der Waals surface area contributed by atoms with Crippen LogP contribution in [0.1, 0.15) is 28.8 Å². The molecule has 9 nitrogen and oxygen atoms in total. The summed E-state index contributed by atoms with van der Waals surface area (Å²) in [6.45, 7) is 0.363. The van der Waals surface area contributed by atoms with E-state index < -0.39 is 47.4 Å². The number of β-amino-alcohol motifs (C(OH)–C–C–N with tert-alkyl or cyclic N) is 1. The zero-order valence-corrected chi connectivity index (χ0v) is 21.8. The normalized spacial score (nSPS) is 15.7. The molecule has 0 aliphatic carbocycles. The van der Waals surface area contributed by atoms with Crippen LogP contribution < -0.4 is 15.6 Å². The molecular weight excluding hydrogens is 554 g/mol. The second-order valence-electron chi connectivity index (χ2n) is 8.70. The van der Waals surface area contributed by atoms with Crippen molar-refractivity contribution in [3.05, 3.63) is 62.0 Å². The monoisotopic (exact) mass is 579 g/mol. The van der Waals surface area contributed by atoms with Gasteiger partial charge >= 0.3 is 12.1 Å². The molecule has 1 saturated heterocycles. The van der Waals surface area contributed by atoms with Crippen molar-refractivity contribution >= 4 is 35.1 Å². The molecule has 1 aliphatic heterocycles. The van der Waals surface area contributed by atoms with Gasteiger partial charge in [-0.15, -0.1) is 0 Å². The summed E-state index contributed by atoms with van der Waals surface area (Å²) in [5.41, 5.74) is -3.42. The van der Waals surface area contributed by atoms with E-state index in [0.29, 0.717) is 52.5 Å².